The van der Waals surface area contributed by atoms with E-state index in [1.54, 1.807) is 6.20 Å². The van der Waals surface area contributed by atoms with Crippen LogP contribution in [-0.2, 0) is 32.2 Å². The molecule has 4 rings (SSSR count). The molecule has 0 radical (unpaired) electrons. The SMILES string of the molecule is Cc1cc(OCc2coc(/C=C/c3ccc(C(F)(F)F)cc3F)n2)ccc1CCCCc1ccnn1CCO. The predicted octanol–water partition coefficient (Wildman–Crippen LogP) is 6.64. The number of hydrogen-bond acceptors (Lipinski definition) is 5. The lowest BCUT2D eigenvalue weighted by atomic mass is 10.0. The van der Waals surface area contributed by atoms with Crippen LogP contribution in [0.2, 0.25) is 0 Å². The van der Waals surface area contributed by atoms with Gasteiger partial charge in [0.1, 0.15) is 30.1 Å². The number of benzene rings is 2. The average molecular weight is 544 g/mol. The topological polar surface area (TPSA) is 73.3 Å². The molecular weight excluding hydrogens is 514 g/mol. The first-order valence-corrected chi connectivity index (χ1v) is 12.6. The molecule has 0 aliphatic rings. The van der Waals surface area contributed by atoms with E-state index in [-0.39, 0.29) is 24.7 Å². The maximum atomic E-state index is 14.0. The molecular formula is C29H29F4N3O3. The van der Waals surface area contributed by atoms with Crippen LogP contribution in [0.5, 0.6) is 5.75 Å². The fourth-order valence-electron chi connectivity index (χ4n) is 4.15. The van der Waals surface area contributed by atoms with Crippen LogP contribution in [-0.4, -0.2) is 26.5 Å². The summed E-state index contributed by atoms with van der Waals surface area (Å²) >= 11 is 0. The van der Waals surface area contributed by atoms with Gasteiger partial charge in [-0.3, -0.25) is 4.68 Å². The van der Waals surface area contributed by atoms with Crippen LogP contribution in [0.25, 0.3) is 12.2 Å². The van der Waals surface area contributed by atoms with E-state index < -0.39 is 17.6 Å². The van der Waals surface area contributed by atoms with E-state index >= 15 is 0 Å². The average Bonchev–Trinajstić information content (AvgIpc) is 3.54. The molecule has 0 aliphatic heterocycles. The predicted molar refractivity (Wildman–Crippen MR) is 138 cm³/mol. The molecule has 39 heavy (non-hydrogen) atoms. The van der Waals surface area contributed by atoms with Gasteiger partial charge in [0.2, 0.25) is 5.89 Å². The molecule has 0 bridgehead atoms. The number of halogens is 4. The smallest absolute Gasteiger partial charge is 0.416 e. The summed E-state index contributed by atoms with van der Waals surface area (Å²) < 4.78 is 65.1. The van der Waals surface area contributed by atoms with Gasteiger partial charge in [0, 0.05) is 23.5 Å². The van der Waals surface area contributed by atoms with E-state index in [9.17, 15) is 17.6 Å². The lowest BCUT2D eigenvalue weighted by molar-refractivity contribution is -0.137. The molecule has 10 heteroatoms. The zero-order valence-corrected chi connectivity index (χ0v) is 21.4. The minimum absolute atomic E-state index is 0.0112. The summed E-state index contributed by atoms with van der Waals surface area (Å²) in [6, 6.07) is 10.3. The molecule has 6 nitrogen and oxygen atoms in total. The Morgan fingerprint density at radius 2 is 1.87 bits per heavy atom. The quantitative estimate of drug-likeness (QED) is 0.160. The lowest BCUT2D eigenvalue weighted by Crippen LogP contribution is -2.08. The van der Waals surface area contributed by atoms with Crippen LogP contribution in [0.3, 0.4) is 0 Å². The molecule has 0 fully saturated rings. The number of alkyl halides is 3. The van der Waals surface area contributed by atoms with Crippen LogP contribution >= 0.6 is 0 Å². The van der Waals surface area contributed by atoms with Crippen molar-refractivity contribution >= 4 is 12.2 Å². The molecule has 2 aromatic heterocycles. The number of aryl methyl sites for hydroxylation is 3. The molecule has 0 aliphatic carbocycles. The molecule has 0 spiro atoms. The Kier molecular flexibility index (Phi) is 9.19. The maximum Gasteiger partial charge on any atom is 0.416 e. The second-order valence-electron chi connectivity index (χ2n) is 9.10. The highest BCUT2D eigenvalue weighted by molar-refractivity contribution is 5.66. The van der Waals surface area contributed by atoms with Crippen molar-refractivity contribution in [3.8, 4) is 5.75 Å². The number of oxazole rings is 1. The highest BCUT2D eigenvalue weighted by Gasteiger charge is 2.31. The molecule has 2 heterocycles. The van der Waals surface area contributed by atoms with Crippen LogP contribution in [0, 0.1) is 12.7 Å². The Morgan fingerprint density at radius 3 is 2.62 bits per heavy atom. The molecule has 4 aromatic rings. The second-order valence-corrected chi connectivity index (χ2v) is 9.10. The Morgan fingerprint density at radius 1 is 1.05 bits per heavy atom. The van der Waals surface area contributed by atoms with E-state index in [4.69, 9.17) is 14.3 Å². The zero-order valence-electron chi connectivity index (χ0n) is 21.4. The number of hydrogen-bond donors (Lipinski definition) is 1. The standard InChI is InChI=1S/C29H29F4N3O3/c1-20-16-26(10-7-21(20)4-2-3-5-25-12-13-34-36(25)14-15-37)38-18-24-19-39-28(35-24)11-8-22-6-9-23(17-27(22)30)29(31,32)33/h6-13,16-17,19,37H,2-5,14-15,18H2,1H3/b11-8+. The highest BCUT2D eigenvalue weighted by atomic mass is 19.4. The Bertz CT molecular complexity index is 1410. The normalized spacial score (nSPS) is 11.9. The Balaban J connectivity index is 1.25. The van der Waals surface area contributed by atoms with Gasteiger partial charge in [0.25, 0.3) is 0 Å². The van der Waals surface area contributed by atoms with Crippen molar-refractivity contribution in [2.24, 2.45) is 0 Å². The van der Waals surface area contributed by atoms with Gasteiger partial charge in [0.15, 0.2) is 0 Å². The minimum Gasteiger partial charge on any atom is -0.487 e. The van der Waals surface area contributed by atoms with E-state index in [2.05, 4.69) is 16.1 Å². The first-order valence-electron chi connectivity index (χ1n) is 12.6. The van der Waals surface area contributed by atoms with Crippen molar-refractivity contribution in [1.82, 2.24) is 14.8 Å². The first kappa shape index (κ1) is 28.1. The third-order valence-corrected chi connectivity index (χ3v) is 6.25. The third-order valence-electron chi connectivity index (χ3n) is 6.25. The van der Waals surface area contributed by atoms with E-state index in [0.29, 0.717) is 24.1 Å². The number of aromatic nitrogens is 3. The minimum atomic E-state index is -4.60. The molecule has 0 saturated carbocycles. The van der Waals surface area contributed by atoms with Gasteiger partial charge in [-0.25, -0.2) is 9.37 Å². The summed E-state index contributed by atoms with van der Waals surface area (Å²) in [6.45, 7) is 2.78. The Labute approximate surface area is 223 Å². The van der Waals surface area contributed by atoms with Gasteiger partial charge >= 0.3 is 6.18 Å². The van der Waals surface area contributed by atoms with Crippen molar-refractivity contribution in [1.29, 1.82) is 0 Å². The number of nitrogens with zero attached hydrogens (tertiary/aromatic N) is 3. The number of rotatable bonds is 12. The van der Waals surface area contributed by atoms with Crippen molar-refractivity contribution in [3.05, 3.63) is 100 Å². The molecule has 0 atom stereocenters. The van der Waals surface area contributed by atoms with Gasteiger partial charge in [-0.1, -0.05) is 12.1 Å². The van der Waals surface area contributed by atoms with E-state index in [1.807, 2.05) is 29.8 Å². The van der Waals surface area contributed by atoms with Gasteiger partial charge in [-0.2, -0.15) is 18.3 Å². The second kappa shape index (κ2) is 12.8. The highest BCUT2D eigenvalue weighted by Crippen LogP contribution is 2.30. The Hall–Kier alpha value is -3.92. The summed E-state index contributed by atoms with van der Waals surface area (Å²) in [6.07, 6.45) is 5.15. The molecule has 0 saturated heterocycles. The summed E-state index contributed by atoms with van der Waals surface area (Å²) in [4.78, 5) is 4.25. The van der Waals surface area contributed by atoms with Crippen molar-refractivity contribution in [2.75, 3.05) is 6.61 Å². The first-order chi connectivity index (χ1) is 18.7. The maximum absolute atomic E-state index is 14.0. The molecule has 1 N–H and O–H groups in total. The number of unbranched alkanes of at least 4 members (excludes halogenated alkanes) is 1. The summed E-state index contributed by atoms with van der Waals surface area (Å²) in [5, 5.41) is 13.3. The molecule has 2 aromatic carbocycles. The van der Waals surface area contributed by atoms with Gasteiger partial charge in [0.05, 0.1) is 18.7 Å². The zero-order chi connectivity index (χ0) is 27.8. The molecule has 0 unspecified atom stereocenters. The fraction of sp³-hybridized carbons (Fsp3) is 0.310. The van der Waals surface area contributed by atoms with E-state index in [1.165, 1.54) is 24.0 Å². The van der Waals surface area contributed by atoms with Crippen molar-refractivity contribution in [2.45, 2.75) is 51.9 Å². The van der Waals surface area contributed by atoms with Crippen molar-refractivity contribution < 1.29 is 31.8 Å². The number of aliphatic hydroxyl groups excluding tert-OH is 1. The number of aliphatic hydroxyl groups is 1. The third kappa shape index (κ3) is 7.79. The summed E-state index contributed by atoms with van der Waals surface area (Å²) in [5.41, 5.74) is 2.96. The van der Waals surface area contributed by atoms with Crippen LogP contribution in [0.1, 0.15) is 52.4 Å². The fourth-order valence-corrected chi connectivity index (χ4v) is 4.15. The molecule has 206 valence electrons. The van der Waals surface area contributed by atoms with Crippen LogP contribution in [0.4, 0.5) is 17.6 Å². The van der Waals surface area contributed by atoms with E-state index in [0.717, 1.165) is 49.1 Å². The van der Waals surface area contributed by atoms with Gasteiger partial charge in [-0.15, -0.1) is 0 Å². The summed E-state index contributed by atoms with van der Waals surface area (Å²) in [5.74, 6) is -0.115. The largest absolute Gasteiger partial charge is 0.487 e. The van der Waals surface area contributed by atoms with Gasteiger partial charge in [-0.05, 0) is 80.1 Å². The molecule has 0 amide bonds. The summed E-state index contributed by atoms with van der Waals surface area (Å²) in [7, 11) is 0. The van der Waals surface area contributed by atoms with Crippen molar-refractivity contribution in [3.63, 3.8) is 0 Å². The monoisotopic (exact) mass is 543 g/mol. The van der Waals surface area contributed by atoms with Crippen LogP contribution in [0.15, 0.2) is 59.3 Å². The van der Waals surface area contributed by atoms with Gasteiger partial charge < -0.3 is 14.3 Å². The number of ether oxygens (including phenoxy) is 1. The van der Waals surface area contributed by atoms with Crippen LogP contribution < -0.4 is 4.74 Å². The lowest BCUT2D eigenvalue weighted by Gasteiger charge is -2.10.